The predicted molar refractivity (Wildman–Crippen MR) is 79.5 cm³/mol. The molecule has 2 aromatic heterocycles. The van der Waals surface area contributed by atoms with Crippen molar-refractivity contribution in [2.45, 2.75) is 26.7 Å². The molecule has 0 unspecified atom stereocenters. The van der Waals surface area contributed by atoms with Gasteiger partial charge >= 0.3 is 0 Å². The Morgan fingerprint density at radius 3 is 2.65 bits per heavy atom. The molecule has 0 atom stereocenters. The Labute approximate surface area is 122 Å². The van der Waals surface area contributed by atoms with Crippen molar-refractivity contribution in [1.82, 2.24) is 24.7 Å². The summed E-state index contributed by atoms with van der Waals surface area (Å²) in [6.07, 6.45) is 3.69. The highest BCUT2D eigenvalue weighted by Crippen LogP contribution is 2.19. The zero-order chi connectivity index (χ0) is 14.5. The lowest BCUT2D eigenvalue weighted by molar-refractivity contribution is 0.746. The second-order valence-corrected chi connectivity index (χ2v) is 4.66. The smallest absolute Gasteiger partial charge is 0.233 e. The number of hydrogen-bond donors (Lipinski definition) is 2. The number of hydrogen-bond acceptors (Lipinski definition) is 6. The fraction of sp³-hybridized carbons (Fsp3) is 0.500. The number of halogens is 1. The van der Waals surface area contributed by atoms with E-state index in [1.54, 1.807) is 4.68 Å². The van der Waals surface area contributed by atoms with Crippen molar-refractivity contribution in [3.8, 4) is 0 Å². The van der Waals surface area contributed by atoms with Gasteiger partial charge in [0.25, 0.3) is 0 Å². The molecule has 0 aromatic carbocycles. The van der Waals surface area contributed by atoms with Gasteiger partial charge in [0, 0.05) is 19.8 Å². The molecule has 2 aromatic rings. The van der Waals surface area contributed by atoms with Crippen LogP contribution in [0.25, 0.3) is 0 Å². The van der Waals surface area contributed by atoms with Crippen LogP contribution < -0.4 is 10.6 Å². The van der Waals surface area contributed by atoms with Gasteiger partial charge in [0.1, 0.15) is 0 Å². The van der Waals surface area contributed by atoms with Crippen molar-refractivity contribution >= 4 is 29.2 Å². The van der Waals surface area contributed by atoms with Crippen LogP contribution in [0.1, 0.15) is 26.0 Å². The van der Waals surface area contributed by atoms with E-state index in [0.717, 1.165) is 30.8 Å². The number of rotatable bonds is 6. The molecule has 8 heteroatoms. The molecule has 0 radical (unpaired) electrons. The lowest BCUT2D eigenvalue weighted by Gasteiger charge is -2.07. The van der Waals surface area contributed by atoms with Gasteiger partial charge in [-0.05, 0) is 24.4 Å². The maximum Gasteiger partial charge on any atom is 0.233 e. The molecule has 0 saturated carbocycles. The number of nitrogens with one attached hydrogen (secondary N) is 2. The van der Waals surface area contributed by atoms with Crippen LogP contribution in [0.5, 0.6) is 0 Å². The summed E-state index contributed by atoms with van der Waals surface area (Å²) in [4.78, 5) is 12.4. The molecule has 0 saturated heterocycles. The monoisotopic (exact) mass is 295 g/mol. The van der Waals surface area contributed by atoms with Gasteiger partial charge in [-0.3, -0.25) is 4.68 Å². The molecular weight excluding hydrogens is 278 g/mol. The summed E-state index contributed by atoms with van der Waals surface area (Å²) in [6.45, 7) is 4.90. The normalized spacial score (nSPS) is 10.6. The first kappa shape index (κ1) is 14.5. The number of nitrogens with zero attached hydrogens (tertiary/aromatic N) is 5. The second kappa shape index (κ2) is 6.51. The average Bonchev–Trinajstić information content (AvgIpc) is 2.75. The van der Waals surface area contributed by atoms with Crippen LogP contribution in [0.15, 0.2) is 6.20 Å². The van der Waals surface area contributed by atoms with Crippen LogP contribution in [0, 0.1) is 0 Å². The van der Waals surface area contributed by atoms with E-state index in [4.69, 9.17) is 11.6 Å². The molecule has 0 amide bonds. The van der Waals surface area contributed by atoms with E-state index in [0.29, 0.717) is 11.9 Å². The average molecular weight is 296 g/mol. The molecule has 20 heavy (non-hydrogen) atoms. The SMILES string of the molecule is CCCNc1nc(Cl)nc(Nc2cn(C)nc2CC)n1. The minimum Gasteiger partial charge on any atom is -0.354 e. The van der Waals surface area contributed by atoms with E-state index in [9.17, 15) is 0 Å². The van der Waals surface area contributed by atoms with Gasteiger partial charge < -0.3 is 10.6 Å². The zero-order valence-corrected chi connectivity index (χ0v) is 12.6. The van der Waals surface area contributed by atoms with Crippen molar-refractivity contribution in [1.29, 1.82) is 0 Å². The van der Waals surface area contributed by atoms with Crippen LogP contribution in [-0.4, -0.2) is 31.3 Å². The van der Waals surface area contributed by atoms with E-state index < -0.39 is 0 Å². The van der Waals surface area contributed by atoms with E-state index >= 15 is 0 Å². The molecule has 2 heterocycles. The second-order valence-electron chi connectivity index (χ2n) is 4.32. The molecule has 108 valence electrons. The lowest BCUT2D eigenvalue weighted by atomic mass is 10.3. The van der Waals surface area contributed by atoms with Crippen molar-refractivity contribution in [2.24, 2.45) is 7.05 Å². The van der Waals surface area contributed by atoms with E-state index in [1.807, 2.05) is 20.2 Å². The summed E-state index contributed by atoms with van der Waals surface area (Å²) in [5.74, 6) is 0.877. The zero-order valence-electron chi connectivity index (χ0n) is 11.8. The predicted octanol–water partition coefficient (Wildman–Crippen LogP) is 2.39. The molecule has 2 rings (SSSR count). The first-order chi connectivity index (χ1) is 9.62. The number of aryl methyl sites for hydroxylation is 2. The van der Waals surface area contributed by atoms with Gasteiger partial charge in [-0.1, -0.05) is 13.8 Å². The largest absolute Gasteiger partial charge is 0.354 e. The maximum absolute atomic E-state index is 5.91. The van der Waals surface area contributed by atoms with Crippen LogP contribution in [-0.2, 0) is 13.5 Å². The lowest BCUT2D eigenvalue weighted by Crippen LogP contribution is -2.08. The first-order valence-corrected chi connectivity index (χ1v) is 6.95. The third kappa shape index (κ3) is 3.57. The highest BCUT2D eigenvalue weighted by Gasteiger charge is 2.09. The van der Waals surface area contributed by atoms with Crippen molar-refractivity contribution < 1.29 is 0 Å². The Hall–Kier alpha value is -1.89. The maximum atomic E-state index is 5.91. The summed E-state index contributed by atoms with van der Waals surface area (Å²) < 4.78 is 1.75. The Kier molecular flexibility index (Phi) is 4.73. The van der Waals surface area contributed by atoms with E-state index in [2.05, 4.69) is 37.6 Å². The van der Waals surface area contributed by atoms with Gasteiger partial charge in [-0.2, -0.15) is 20.1 Å². The summed E-state index contributed by atoms with van der Waals surface area (Å²) in [5, 5.41) is 10.7. The standard InChI is InChI=1S/C12H18ClN7/c1-4-6-14-11-16-10(13)17-12(18-11)15-9-7-20(3)19-8(9)5-2/h7H,4-6H2,1-3H3,(H2,14,15,16,17,18). The Bertz CT molecular complexity index is 581. The van der Waals surface area contributed by atoms with Gasteiger partial charge in [0.05, 0.1) is 11.4 Å². The molecule has 0 spiro atoms. The summed E-state index contributed by atoms with van der Waals surface area (Å²) in [6, 6.07) is 0. The van der Waals surface area contributed by atoms with Crippen LogP contribution in [0.2, 0.25) is 5.28 Å². The Morgan fingerprint density at radius 2 is 1.95 bits per heavy atom. The summed E-state index contributed by atoms with van der Waals surface area (Å²) >= 11 is 5.91. The molecule has 7 nitrogen and oxygen atoms in total. The summed E-state index contributed by atoms with van der Waals surface area (Å²) in [7, 11) is 1.87. The molecule has 0 bridgehead atoms. The van der Waals surface area contributed by atoms with Crippen LogP contribution >= 0.6 is 11.6 Å². The summed E-state index contributed by atoms with van der Waals surface area (Å²) in [5.41, 5.74) is 1.82. The van der Waals surface area contributed by atoms with Gasteiger partial charge in [-0.15, -0.1) is 0 Å². The molecule has 0 aliphatic rings. The third-order valence-corrected chi connectivity index (χ3v) is 2.80. The van der Waals surface area contributed by atoms with E-state index in [1.165, 1.54) is 0 Å². The van der Waals surface area contributed by atoms with Gasteiger partial charge in [0.2, 0.25) is 17.2 Å². The van der Waals surface area contributed by atoms with Crippen molar-refractivity contribution in [2.75, 3.05) is 17.2 Å². The fourth-order valence-electron chi connectivity index (χ4n) is 1.74. The van der Waals surface area contributed by atoms with E-state index in [-0.39, 0.29) is 5.28 Å². The number of anilines is 3. The minimum absolute atomic E-state index is 0.156. The quantitative estimate of drug-likeness (QED) is 0.852. The highest BCUT2D eigenvalue weighted by molar-refractivity contribution is 6.28. The van der Waals surface area contributed by atoms with Gasteiger partial charge in [0.15, 0.2) is 0 Å². The molecular formula is C12H18ClN7. The molecule has 2 N–H and O–H groups in total. The highest BCUT2D eigenvalue weighted by atomic mass is 35.5. The minimum atomic E-state index is 0.156. The molecule has 0 aliphatic heterocycles. The first-order valence-electron chi connectivity index (χ1n) is 6.57. The van der Waals surface area contributed by atoms with Crippen LogP contribution in [0.4, 0.5) is 17.6 Å². The fourth-order valence-corrected chi connectivity index (χ4v) is 1.90. The number of aromatic nitrogens is 5. The topological polar surface area (TPSA) is 80.5 Å². The van der Waals surface area contributed by atoms with Crippen molar-refractivity contribution in [3.63, 3.8) is 0 Å². The Morgan fingerprint density at radius 1 is 1.20 bits per heavy atom. The van der Waals surface area contributed by atoms with Gasteiger partial charge in [-0.25, -0.2) is 0 Å². The Balaban J connectivity index is 2.21. The van der Waals surface area contributed by atoms with Crippen molar-refractivity contribution in [3.05, 3.63) is 17.2 Å². The third-order valence-electron chi connectivity index (χ3n) is 2.63. The molecule has 0 aliphatic carbocycles. The van der Waals surface area contributed by atoms with Crippen LogP contribution in [0.3, 0.4) is 0 Å². The molecule has 0 fully saturated rings.